The molecule has 0 radical (unpaired) electrons. The molecule has 0 atom stereocenters. The average Bonchev–Trinajstić information content (AvgIpc) is 3.21. The summed E-state index contributed by atoms with van der Waals surface area (Å²) in [7, 11) is 0. The van der Waals surface area contributed by atoms with Crippen LogP contribution in [0.4, 0.5) is 0 Å². The SMILES string of the molecule is Cc1ccc(C(=O)NC2(c3ccncc3)CC2)cc1. The summed E-state index contributed by atoms with van der Waals surface area (Å²) in [4.78, 5) is 16.3. The van der Waals surface area contributed by atoms with Gasteiger partial charge in [0.2, 0.25) is 0 Å². The van der Waals surface area contributed by atoms with Crippen LogP contribution in [0.1, 0.15) is 34.3 Å². The maximum Gasteiger partial charge on any atom is 0.251 e. The zero-order chi connectivity index (χ0) is 13.3. The Morgan fingerprint density at radius 1 is 1.11 bits per heavy atom. The number of nitrogens with one attached hydrogen (secondary N) is 1. The lowest BCUT2D eigenvalue weighted by molar-refractivity contribution is 0.0931. The number of hydrogen-bond acceptors (Lipinski definition) is 2. The first kappa shape index (κ1) is 11.9. The molecule has 0 aliphatic heterocycles. The third-order valence-corrected chi connectivity index (χ3v) is 3.65. The van der Waals surface area contributed by atoms with E-state index in [1.165, 1.54) is 0 Å². The summed E-state index contributed by atoms with van der Waals surface area (Å²) in [6, 6.07) is 11.6. The minimum atomic E-state index is -0.176. The fourth-order valence-electron chi connectivity index (χ4n) is 2.28. The fraction of sp³-hybridized carbons (Fsp3) is 0.250. The molecule has 19 heavy (non-hydrogen) atoms. The number of nitrogens with zero attached hydrogens (tertiary/aromatic N) is 1. The molecule has 1 aliphatic rings. The molecule has 3 heteroatoms. The van der Waals surface area contributed by atoms with E-state index < -0.39 is 0 Å². The van der Waals surface area contributed by atoms with Gasteiger partial charge in [0, 0.05) is 18.0 Å². The Morgan fingerprint density at radius 3 is 2.32 bits per heavy atom. The number of pyridine rings is 1. The largest absolute Gasteiger partial charge is 0.343 e. The van der Waals surface area contributed by atoms with Gasteiger partial charge in [0.25, 0.3) is 5.91 Å². The zero-order valence-corrected chi connectivity index (χ0v) is 10.9. The van der Waals surface area contributed by atoms with Crippen LogP contribution >= 0.6 is 0 Å². The van der Waals surface area contributed by atoms with E-state index in [9.17, 15) is 4.79 Å². The van der Waals surface area contributed by atoms with Crippen LogP contribution in [0.15, 0.2) is 48.8 Å². The first-order valence-electron chi connectivity index (χ1n) is 6.49. The summed E-state index contributed by atoms with van der Waals surface area (Å²) in [5.41, 5.74) is 2.84. The highest BCUT2D eigenvalue weighted by Crippen LogP contribution is 2.45. The number of amides is 1. The fourth-order valence-corrected chi connectivity index (χ4v) is 2.28. The first-order valence-corrected chi connectivity index (χ1v) is 6.49. The van der Waals surface area contributed by atoms with Gasteiger partial charge in [-0.15, -0.1) is 0 Å². The van der Waals surface area contributed by atoms with Crippen LogP contribution in [-0.2, 0) is 5.54 Å². The van der Waals surface area contributed by atoms with Crippen molar-refractivity contribution in [2.45, 2.75) is 25.3 Å². The van der Waals surface area contributed by atoms with Gasteiger partial charge in [-0.1, -0.05) is 17.7 Å². The summed E-state index contributed by atoms with van der Waals surface area (Å²) in [5, 5.41) is 3.15. The standard InChI is InChI=1S/C16H16N2O/c1-12-2-4-13(5-3-12)15(19)18-16(8-9-16)14-6-10-17-11-7-14/h2-7,10-11H,8-9H2,1H3,(H,18,19). The van der Waals surface area contributed by atoms with Crippen LogP contribution < -0.4 is 5.32 Å². The second-order valence-corrected chi connectivity index (χ2v) is 5.14. The van der Waals surface area contributed by atoms with E-state index in [0.717, 1.165) is 24.0 Å². The minimum absolute atomic E-state index is 0.00527. The number of hydrogen-bond donors (Lipinski definition) is 1. The molecule has 0 saturated heterocycles. The Morgan fingerprint density at radius 2 is 1.74 bits per heavy atom. The predicted molar refractivity (Wildman–Crippen MR) is 73.8 cm³/mol. The quantitative estimate of drug-likeness (QED) is 0.912. The Balaban J connectivity index is 1.78. The first-order chi connectivity index (χ1) is 9.20. The Hall–Kier alpha value is -2.16. The van der Waals surface area contributed by atoms with E-state index in [4.69, 9.17) is 0 Å². The Labute approximate surface area is 112 Å². The van der Waals surface area contributed by atoms with Gasteiger partial charge in [-0.3, -0.25) is 9.78 Å². The van der Waals surface area contributed by atoms with Crippen LogP contribution in [0.5, 0.6) is 0 Å². The van der Waals surface area contributed by atoms with Crippen LogP contribution in [0, 0.1) is 6.92 Å². The number of rotatable bonds is 3. The zero-order valence-electron chi connectivity index (χ0n) is 10.9. The third-order valence-electron chi connectivity index (χ3n) is 3.65. The normalized spacial score (nSPS) is 15.8. The molecule has 0 unspecified atom stereocenters. The van der Waals surface area contributed by atoms with E-state index in [1.54, 1.807) is 12.4 Å². The molecule has 1 aromatic heterocycles. The van der Waals surface area contributed by atoms with Crippen molar-refractivity contribution < 1.29 is 4.79 Å². The number of carbonyl (C=O) groups excluding carboxylic acids is 1. The molecule has 1 heterocycles. The number of benzene rings is 1. The number of carbonyl (C=O) groups is 1. The summed E-state index contributed by atoms with van der Waals surface area (Å²) in [5.74, 6) is -0.00527. The molecule has 1 fully saturated rings. The van der Waals surface area contributed by atoms with Crippen molar-refractivity contribution in [1.82, 2.24) is 10.3 Å². The summed E-state index contributed by atoms with van der Waals surface area (Å²) in [6.07, 6.45) is 5.53. The maximum absolute atomic E-state index is 12.3. The van der Waals surface area contributed by atoms with Crippen molar-refractivity contribution in [3.63, 3.8) is 0 Å². The van der Waals surface area contributed by atoms with Crippen molar-refractivity contribution >= 4 is 5.91 Å². The number of aromatic nitrogens is 1. The smallest absolute Gasteiger partial charge is 0.251 e. The highest BCUT2D eigenvalue weighted by Gasteiger charge is 2.45. The lowest BCUT2D eigenvalue weighted by atomic mass is 10.1. The highest BCUT2D eigenvalue weighted by atomic mass is 16.1. The molecular weight excluding hydrogens is 236 g/mol. The van der Waals surface area contributed by atoms with E-state index in [2.05, 4.69) is 10.3 Å². The molecular formula is C16H16N2O. The molecule has 2 aromatic rings. The molecule has 0 bridgehead atoms. The predicted octanol–water partition coefficient (Wildman–Crippen LogP) is 2.81. The van der Waals surface area contributed by atoms with Crippen LogP contribution in [0.25, 0.3) is 0 Å². The monoisotopic (exact) mass is 252 g/mol. The number of aryl methyl sites for hydroxylation is 1. The van der Waals surface area contributed by atoms with Gasteiger partial charge < -0.3 is 5.32 Å². The van der Waals surface area contributed by atoms with E-state index in [-0.39, 0.29) is 11.4 Å². The molecule has 3 rings (SSSR count). The van der Waals surface area contributed by atoms with Crippen molar-refractivity contribution in [1.29, 1.82) is 0 Å². The molecule has 1 saturated carbocycles. The topological polar surface area (TPSA) is 42.0 Å². The second-order valence-electron chi connectivity index (χ2n) is 5.14. The maximum atomic E-state index is 12.3. The van der Waals surface area contributed by atoms with Gasteiger partial charge in [0.15, 0.2) is 0 Å². The van der Waals surface area contributed by atoms with Crippen molar-refractivity contribution in [2.24, 2.45) is 0 Å². The van der Waals surface area contributed by atoms with E-state index in [1.807, 2.05) is 43.3 Å². The summed E-state index contributed by atoms with van der Waals surface area (Å²) < 4.78 is 0. The van der Waals surface area contributed by atoms with Crippen LogP contribution in [0.3, 0.4) is 0 Å². The van der Waals surface area contributed by atoms with Crippen LogP contribution in [-0.4, -0.2) is 10.9 Å². The average molecular weight is 252 g/mol. The Kier molecular flexibility index (Phi) is 2.82. The van der Waals surface area contributed by atoms with Crippen molar-refractivity contribution in [2.75, 3.05) is 0 Å². The summed E-state index contributed by atoms with van der Waals surface area (Å²) >= 11 is 0. The van der Waals surface area contributed by atoms with E-state index >= 15 is 0 Å². The van der Waals surface area contributed by atoms with Gasteiger partial charge >= 0.3 is 0 Å². The van der Waals surface area contributed by atoms with E-state index in [0.29, 0.717) is 5.56 Å². The lowest BCUT2D eigenvalue weighted by Gasteiger charge is -2.17. The summed E-state index contributed by atoms with van der Waals surface area (Å²) in [6.45, 7) is 2.01. The molecule has 1 aliphatic carbocycles. The van der Waals surface area contributed by atoms with Gasteiger partial charge in [0.1, 0.15) is 0 Å². The van der Waals surface area contributed by atoms with Gasteiger partial charge in [-0.2, -0.15) is 0 Å². The van der Waals surface area contributed by atoms with Gasteiger partial charge in [0.05, 0.1) is 5.54 Å². The van der Waals surface area contributed by atoms with Gasteiger partial charge in [-0.05, 0) is 49.6 Å². The molecule has 1 amide bonds. The van der Waals surface area contributed by atoms with Crippen molar-refractivity contribution in [3.05, 3.63) is 65.5 Å². The highest BCUT2D eigenvalue weighted by molar-refractivity contribution is 5.95. The molecule has 0 spiro atoms. The lowest BCUT2D eigenvalue weighted by Crippen LogP contribution is -2.34. The molecule has 1 aromatic carbocycles. The molecule has 1 N–H and O–H groups in total. The minimum Gasteiger partial charge on any atom is -0.343 e. The Bertz CT molecular complexity index is 586. The third kappa shape index (κ3) is 2.36. The molecule has 3 nitrogen and oxygen atoms in total. The second kappa shape index (κ2) is 4.50. The van der Waals surface area contributed by atoms with Crippen molar-refractivity contribution in [3.8, 4) is 0 Å². The van der Waals surface area contributed by atoms with Gasteiger partial charge in [-0.25, -0.2) is 0 Å². The van der Waals surface area contributed by atoms with Crippen LogP contribution in [0.2, 0.25) is 0 Å². The molecule has 96 valence electrons.